The summed E-state index contributed by atoms with van der Waals surface area (Å²) in [7, 11) is -3.66. The number of nitrogens with zero attached hydrogens (tertiary/aromatic N) is 1. The number of sulfone groups is 1. The Morgan fingerprint density at radius 3 is 2.37 bits per heavy atom. The number of halogens is 4. The van der Waals surface area contributed by atoms with Crippen LogP contribution in [0.3, 0.4) is 0 Å². The van der Waals surface area contributed by atoms with Crippen LogP contribution in [-0.4, -0.2) is 56.2 Å². The molecule has 2 aromatic carbocycles. The number of hydrogen-bond acceptors (Lipinski definition) is 5. The van der Waals surface area contributed by atoms with Crippen molar-refractivity contribution in [2.75, 3.05) is 19.5 Å². The third-order valence-electron chi connectivity index (χ3n) is 8.00. The molecule has 2 heterocycles. The molecule has 204 valence electrons. The summed E-state index contributed by atoms with van der Waals surface area (Å²) in [6.07, 6.45) is -3.10. The van der Waals surface area contributed by atoms with Crippen LogP contribution >= 0.6 is 0 Å². The predicted octanol–water partition coefficient (Wildman–Crippen LogP) is 3.45. The van der Waals surface area contributed by atoms with Gasteiger partial charge in [0.05, 0.1) is 29.2 Å². The van der Waals surface area contributed by atoms with Crippen molar-refractivity contribution in [1.29, 1.82) is 0 Å². The number of rotatable bonds is 6. The van der Waals surface area contributed by atoms with Gasteiger partial charge in [-0.1, -0.05) is 6.07 Å². The number of carbonyl (C=O) groups excluding carboxylic acids is 2. The highest BCUT2D eigenvalue weighted by molar-refractivity contribution is 7.90. The third kappa shape index (κ3) is 4.27. The van der Waals surface area contributed by atoms with Gasteiger partial charge in [0.25, 0.3) is 5.91 Å². The van der Waals surface area contributed by atoms with Crippen LogP contribution in [0.15, 0.2) is 41.3 Å². The van der Waals surface area contributed by atoms with Crippen LogP contribution in [0.1, 0.15) is 45.8 Å². The highest BCUT2D eigenvalue weighted by atomic mass is 32.2. The molecule has 0 radical (unpaired) electrons. The van der Waals surface area contributed by atoms with Gasteiger partial charge in [0.1, 0.15) is 11.9 Å². The second-order valence-corrected chi connectivity index (χ2v) is 12.6. The highest BCUT2D eigenvalue weighted by Crippen LogP contribution is 2.67. The molecule has 3 fully saturated rings. The van der Waals surface area contributed by atoms with Gasteiger partial charge in [0.2, 0.25) is 5.91 Å². The smallest absolute Gasteiger partial charge is 0.381 e. The van der Waals surface area contributed by atoms with Crippen LogP contribution in [0.25, 0.3) is 0 Å². The van der Waals surface area contributed by atoms with E-state index in [1.54, 1.807) is 6.92 Å². The first kappa shape index (κ1) is 26.6. The lowest BCUT2D eigenvalue weighted by molar-refractivity contribution is -0.137. The molecule has 2 N–H and O–H groups in total. The number of fused-ring (bicyclic) bond motifs is 1. The molecule has 1 saturated carbocycles. The summed E-state index contributed by atoms with van der Waals surface area (Å²) in [5, 5.41) is 0. The van der Waals surface area contributed by atoms with Crippen molar-refractivity contribution in [3.8, 4) is 0 Å². The number of carbonyl (C=O) groups is 2. The third-order valence-corrected chi connectivity index (χ3v) is 9.09. The minimum absolute atomic E-state index is 0.0118. The lowest BCUT2D eigenvalue weighted by Gasteiger charge is -2.44. The first-order valence-corrected chi connectivity index (χ1v) is 13.9. The molecule has 12 heteroatoms. The fourth-order valence-corrected chi connectivity index (χ4v) is 6.99. The maximum absolute atomic E-state index is 15.3. The number of hydrogen-bond donors (Lipinski definition) is 1. The van der Waals surface area contributed by atoms with Gasteiger partial charge in [-0.2, -0.15) is 13.2 Å². The summed E-state index contributed by atoms with van der Waals surface area (Å²) in [5.41, 5.74) is 4.01. The number of amides is 2. The second-order valence-electron chi connectivity index (χ2n) is 10.5. The number of likely N-dealkylation sites (tertiary alicyclic amines) is 1. The van der Waals surface area contributed by atoms with Gasteiger partial charge in [0, 0.05) is 23.7 Å². The van der Waals surface area contributed by atoms with E-state index >= 15 is 4.39 Å². The number of primary amides is 1. The summed E-state index contributed by atoms with van der Waals surface area (Å²) in [6.45, 7) is 2.06. The quantitative estimate of drug-likeness (QED) is 0.551. The zero-order chi connectivity index (χ0) is 27.8. The molecule has 3 aliphatic rings. The van der Waals surface area contributed by atoms with E-state index in [2.05, 4.69) is 0 Å². The molecular weight excluding hydrogens is 528 g/mol. The van der Waals surface area contributed by atoms with E-state index in [-0.39, 0.29) is 47.5 Å². The first-order valence-electron chi connectivity index (χ1n) is 12.0. The molecule has 2 aromatic rings. The van der Waals surface area contributed by atoms with E-state index < -0.39 is 56.7 Å². The minimum Gasteiger partial charge on any atom is -0.381 e. The van der Waals surface area contributed by atoms with E-state index in [9.17, 15) is 31.2 Å². The van der Waals surface area contributed by atoms with Gasteiger partial charge >= 0.3 is 6.18 Å². The Bertz CT molecular complexity index is 1440. The van der Waals surface area contributed by atoms with E-state index in [1.807, 2.05) is 0 Å². The number of ether oxygens (including phenoxy) is 1. The lowest BCUT2D eigenvalue weighted by atomic mass is 9.76. The monoisotopic (exact) mass is 554 g/mol. The van der Waals surface area contributed by atoms with Crippen molar-refractivity contribution in [3.05, 3.63) is 64.5 Å². The van der Waals surface area contributed by atoms with Gasteiger partial charge in [-0.05, 0) is 67.1 Å². The van der Waals surface area contributed by atoms with Gasteiger partial charge < -0.3 is 15.4 Å². The standard InChI is InChI=1S/C26H26F4N2O5S/c1-13-5-14(7-18(6-13)38(2,35)36)24(34)32-21(23(31)33)9-17-10-25(17,32)22(15-11-37-12-15)19-4-3-16(8-20(19)27)26(28,29)30/h3-8,15,17,21-22H,9-12H2,1-2H3,(H2,31,33)/t17?,21?,22-,25?/m1/s1. The summed E-state index contributed by atoms with van der Waals surface area (Å²) < 4.78 is 84.8. The Kier molecular flexibility index (Phi) is 6.14. The van der Waals surface area contributed by atoms with Crippen molar-refractivity contribution < 1.29 is 40.3 Å². The normalized spacial score (nSPS) is 26.0. The molecule has 4 atom stereocenters. The largest absolute Gasteiger partial charge is 0.416 e. The number of piperidine rings is 1. The van der Waals surface area contributed by atoms with Crippen LogP contribution in [0.5, 0.6) is 0 Å². The zero-order valence-corrected chi connectivity index (χ0v) is 21.4. The van der Waals surface area contributed by atoms with Crippen molar-refractivity contribution in [1.82, 2.24) is 4.90 Å². The summed E-state index contributed by atoms with van der Waals surface area (Å²) in [4.78, 5) is 27.8. The number of aryl methyl sites for hydroxylation is 1. The molecule has 0 aromatic heterocycles. The average molecular weight is 555 g/mol. The van der Waals surface area contributed by atoms with E-state index in [1.165, 1.54) is 23.1 Å². The van der Waals surface area contributed by atoms with E-state index in [0.717, 1.165) is 18.4 Å². The number of alkyl halides is 3. The molecular formula is C26H26F4N2O5S. The summed E-state index contributed by atoms with van der Waals surface area (Å²) in [6, 6.07) is 5.46. The molecule has 38 heavy (non-hydrogen) atoms. The first-order chi connectivity index (χ1) is 17.6. The Morgan fingerprint density at radius 2 is 1.84 bits per heavy atom. The molecule has 2 saturated heterocycles. The average Bonchev–Trinajstić information content (AvgIpc) is 3.38. The summed E-state index contributed by atoms with van der Waals surface area (Å²) >= 11 is 0. The number of benzene rings is 2. The molecule has 0 spiro atoms. The van der Waals surface area contributed by atoms with Crippen LogP contribution in [-0.2, 0) is 25.5 Å². The summed E-state index contributed by atoms with van der Waals surface area (Å²) in [5.74, 6) is -3.76. The zero-order valence-electron chi connectivity index (χ0n) is 20.6. The Balaban J connectivity index is 1.63. The fourth-order valence-electron chi connectivity index (χ4n) is 6.25. The Morgan fingerprint density at radius 1 is 1.16 bits per heavy atom. The van der Waals surface area contributed by atoms with Gasteiger partial charge in [0.15, 0.2) is 9.84 Å². The highest BCUT2D eigenvalue weighted by Gasteiger charge is 2.72. The van der Waals surface area contributed by atoms with Crippen LogP contribution in [0.4, 0.5) is 17.6 Å². The van der Waals surface area contributed by atoms with Crippen molar-refractivity contribution in [3.63, 3.8) is 0 Å². The molecule has 5 rings (SSSR count). The van der Waals surface area contributed by atoms with Crippen LogP contribution in [0, 0.1) is 24.6 Å². The van der Waals surface area contributed by atoms with Gasteiger partial charge in [-0.15, -0.1) is 0 Å². The van der Waals surface area contributed by atoms with Gasteiger partial charge in [-0.3, -0.25) is 9.59 Å². The molecule has 3 unspecified atom stereocenters. The van der Waals surface area contributed by atoms with Crippen LogP contribution in [0.2, 0.25) is 0 Å². The van der Waals surface area contributed by atoms with Gasteiger partial charge in [-0.25, -0.2) is 12.8 Å². The maximum Gasteiger partial charge on any atom is 0.416 e. The Hall–Kier alpha value is -2.99. The van der Waals surface area contributed by atoms with E-state index in [0.29, 0.717) is 18.1 Å². The van der Waals surface area contributed by atoms with E-state index in [4.69, 9.17) is 10.5 Å². The predicted molar refractivity (Wildman–Crippen MR) is 127 cm³/mol. The molecule has 7 nitrogen and oxygen atoms in total. The maximum atomic E-state index is 15.3. The topological polar surface area (TPSA) is 107 Å². The minimum atomic E-state index is -4.73. The second kappa shape index (κ2) is 8.77. The number of nitrogens with two attached hydrogens (primary N) is 1. The molecule has 1 aliphatic carbocycles. The fraction of sp³-hybridized carbons (Fsp3) is 0.462. The van der Waals surface area contributed by atoms with Crippen molar-refractivity contribution >= 4 is 21.7 Å². The SMILES string of the molecule is Cc1cc(C(=O)N2C(C(N)=O)CC3CC32[C@@H](c2ccc(C(F)(F)F)cc2F)C2COC2)cc(S(C)(=O)=O)c1. The van der Waals surface area contributed by atoms with Crippen molar-refractivity contribution in [2.45, 2.75) is 48.3 Å². The lowest BCUT2D eigenvalue weighted by Crippen LogP contribution is -2.55. The molecule has 0 bridgehead atoms. The molecule has 2 aliphatic heterocycles. The molecule has 2 amide bonds. The van der Waals surface area contributed by atoms with Crippen molar-refractivity contribution in [2.24, 2.45) is 17.6 Å². The van der Waals surface area contributed by atoms with Crippen LogP contribution < -0.4 is 5.73 Å². The Labute approximate surface area is 216 Å².